The fourth-order valence-corrected chi connectivity index (χ4v) is 7.62. The van der Waals surface area contributed by atoms with Crippen molar-refractivity contribution >= 4 is 23.2 Å². The van der Waals surface area contributed by atoms with Gasteiger partial charge in [0.1, 0.15) is 5.82 Å². The van der Waals surface area contributed by atoms with E-state index in [2.05, 4.69) is 67.9 Å². The van der Waals surface area contributed by atoms with Crippen LogP contribution in [0.5, 0.6) is 0 Å². The van der Waals surface area contributed by atoms with Gasteiger partial charge in [0.2, 0.25) is 5.91 Å². The second-order valence-corrected chi connectivity index (χ2v) is 15.1. The van der Waals surface area contributed by atoms with Crippen LogP contribution in [-0.4, -0.2) is 67.6 Å². The number of hydrogen-bond donors (Lipinski definition) is 1. The van der Waals surface area contributed by atoms with Crippen LogP contribution in [0.2, 0.25) is 5.02 Å². The lowest BCUT2D eigenvalue weighted by atomic mass is 9.87. The first-order valence-corrected chi connectivity index (χ1v) is 16.9. The van der Waals surface area contributed by atoms with E-state index in [1.54, 1.807) is 6.07 Å². The van der Waals surface area contributed by atoms with Crippen molar-refractivity contribution in [2.45, 2.75) is 84.7 Å². The summed E-state index contributed by atoms with van der Waals surface area (Å²) in [5.74, 6) is 0.486. The molecule has 3 atom stereocenters. The van der Waals surface area contributed by atoms with Crippen molar-refractivity contribution in [3.05, 3.63) is 64.4 Å². The molecule has 3 aliphatic rings. The molecular weight excluding hydrogens is 559 g/mol. The topological polar surface area (TPSA) is 38.8 Å². The van der Waals surface area contributed by atoms with Gasteiger partial charge in [-0.15, -0.1) is 0 Å². The van der Waals surface area contributed by atoms with Crippen molar-refractivity contribution in [1.82, 2.24) is 15.1 Å². The van der Waals surface area contributed by atoms with E-state index < -0.39 is 0 Å². The van der Waals surface area contributed by atoms with Crippen molar-refractivity contribution < 1.29 is 9.18 Å². The van der Waals surface area contributed by atoms with Gasteiger partial charge in [-0.1, -0.05) is 89.7 Å². The number of amides is 1. The van der Waals surface area contributed by atoms with Crippen LogP contribution in [0.25, 0.3) is 0 Å². The molecule has 1 amide bonds. The zero-order valence-corrected chi connectivity index (χ0v) is 27.7. The summed E-state index contributed by atoms with van der Waals surface area (Å²) >= 11 is 6.23. The zero-order valence-electron chi connectivity index (χ0n) is 26.9. The summed E-state index contributed by atoms with van der Waals surface area (Å²) in [4.78, 5) is 21.0. The molecule has 1 aliphatic carbocycles. The Morgan fingerprint density at radius 2 is 1.65 bits per heavy atom. The smallest absolute Gasteiger partial charge is 0.227 e. The summed E-state index contributed by atoms with van der Waals surface area (Å²) in [5.41, 5.74) is 3.04. The largest absolute Gasteiger partial charge is 0.365 e. The average molecular weight is 611 g/mol. The molecule has 43 heavy (non-hydrogen) atoms. The Balaban J connectivity index is 1.31. The fraction of sp³-hybridized carbons (Fsp3) is 0.639. The van der Waals surface area contributed by atoms with Crippen molar-refractivity contribution in [2.24, 2.45) is 17.3 Å². The highest BCUT2D eigenvalue weighted by molar-refractivity contribution is 6.30. The summed E-state index contributed by atoms with van der Waals surface area (Å²) in [7, 11) is 0. The Morgan fingerprint density at radius 3 is 2.28 bits per heavy atom. The van der Waals surface area contributed by atoms with E-state index in [4.69, 9.17) is 11.6 Å². The number of halogens is 2. The molecule has 0 aromatic heterocycles. The van der Waals surface area contributed by atoms with Gasteiger partial charge in [0.05, 0.1) is 11.6 Å². The molecule has 0 spiro atoms. The fourth-order valence-electron chi connectivity index (χ4n) is 7.50. The molecule has 5 nitrogen and oxygen atoms in total. The lowest BCUT2D eigenvalue weighted by Gasteiger charge is -2.40. The first-order valence-electron chi connectivity index (χ1n) is 16.6. The van der Waals surface area contributed by atoms with E-state index in [1.165, 1.54) is 37.7 Å². The molecular formula is C36H52ClFN4O. The Kier molecular flexibility index (Phi) is 10.4. The van der Waals surface area contributed by atoms with Crippen LogP contribution in [0.1, 0.15) is 89.8 Å². The van der Waals surface area contributed by atoms with Gasteiger partial charge in [-0.05, 0) is 53.5 Å². The Hall–Kier alpha value is -2.15. The quantitative estimate of drug-likeness (QED) is 0.336. The minimum atomic E-state index is -0.179. The van der Waals surface area contributed by atoms with Crippen LogP contribution in [0.15, 0.2) is 42.5 Å². The predicted octanol–water partition coefficient (Wildman–Crippen LogP) is 7.51. The number of carbonyl (C=O) groups excluding carboxylic acids is 1. The molecule has 5 rings (SSSR count). The van der Waals surface area contributed by atoms with E-state index in [1.807, 2.05) is 23.1 Å². The van der Waals surface area contributed by atoms with Gasteiger partial charge in [-0.2, -0.15) is 0 Å². The average Bonchev–Trinajstić information content (AvgIpc) is 3.43. The lowest BCUT2D eigenvalue weighted by Crippen LogP contribution is -2.52. The Morgan fingerprint density at radius 1 is 0.977 bits per heavy atom. The zero-order chi connectivity index (χ0) is 30.7. The SMILES string of the molecule is CC(C)[C@H](NCC(C)(C)C)c1cccc(F)c1N1CCN(C(=O)C2CN(C3CCCCC3)CC2c2ccc(Cl)cc2)CC1. The molecule has 1 N–H and O–H groups in total. The number of rotatable bonds is 8. The molecule has 0 radical (unpaired) electrons. The maximum absolute atomic E-state index is 15.6. The number of piperazine rings is 1. The molecule has 2 aromatic carbocycles. The number of benzene rings is 2. The number of likely N-dealkylation sites (tertiary alicyclic amines) is 1. The van der Waals surface area contributed by atoms with Gasteiger partial charge in [0.15, 0.2) is 0 Å². The molecule has 7 heteroatoms. The third kappa shape index (κ3) is 7.75. The second kappa shape index (κ2) is 13.9. The van der Waals surface area contributed by atoms with Gasteiger partial charge in [0.25, 0.3) is 0 Å². The van der Waals surface area contributed by atoms with Crippen LogP contribution in [0.4, 0.5) is 10.1 Å². The van der Waals surface area contributed by atoms with Gasteiger partial charge in [-0.3, -0.25) is 9.69 Å². The Labute approximate surface area is 264 Å². The van der Waals surface area contributed by atoms with Gasteiger partial charge < -0.3 is 15.1 Å². The lowest BCUT2D eigenvalue weighted by molar-refractivity contribution is -0.135. The number of anilines is 1. The third-order valence-corrected chi connectivity index (χ3v) is 10.1. The summed E-state index contributed by atoms with van der Waals surface area (Å²) in [6, 6.07) is 14.2. The number of hydrogen-bond acceptors (Lipinski definition) is 4. The van der Waals surface area contributed by atoms with E-state index >= 15 is 4.39 Å². The van der Waals surface area contributed by atoms with Gasteiger partial charge in [-0.25, -0.2) is 4.39 Å². The van der Waals surface area contributed by atoms with Crippen molar-refractivity contribution in [1.29, 1.82) is 0 Å². The number of nitrogens with zero attached hydrogens (tertiary/aromatic N) is 3. The molecule has 2 heterocycles. The van der Waals surface area contributed by atoms with Gasteiger partial charge in [0, 0.05) is 68.8 Å². The summed E-state index contributed by atoms with van der Waals surface area (Å²) in [5, 5.41) is 4.46. The molecule has 236 valence electrons. The normalized spacial score (nSPS) is 23.3. The molecule has 1 saturated carbocycles. The van der Waals surface area contributed by atoms with Crippen molar-refractivity contribution in [2.75, 3.05) is 50.7 Å². The predicted molar refractivity (Wildman–Crippen MR) is 176 cm³/mol. The number of carbonyl (C=O) groups is 1. The molecule has 2 aliphatic heterocycles. The van der Waals surface area contributed by atoms with Crippen molar-refractivity contribution in [3.8, 4) is 0 Å². The van der Waals surface area contributed by atoms with E-state index in [-0.39, 0.29) is 35.0 Å². The summed E-state index contributed by atoms with van der Waals surface area (Å²) < 4.78 is 15.6. The molecule has 3 fully saturated rings. The van der Waals surface area contributed by atoms with Crippen LogP contribution in [0, 0.1) is 23.1 Å². The van der Waals surface area contributed by atoms with Crippen LogP contribution in [0.3, 0.4) is 0 Å². The van der Waals surface area contributed by atoms with Crippen LogP contribution >= 0.6 is 11.6 Å². The Bertz CT molecular complexity index is 1210. The maximum Gasteiger partial charge on any atom is 0.227 e. The van der Waals surface area contributed by atoms with Crippen LogP contribution < -0.4 is 10.2 Å². The van der Waals surface area contributed by atoms with Crippen molar-refractivity contribution in [3.63, 3.8) is 0 Å². The molecule has 2 unspecified atom stereocenters. The molecule has 2 saturated heterocycles. The summed E-state index contributed by atoms with van der Waals surface area (Å²) in [6.45, 7) is 16.1. The minimum Gasteiger partial charge on any atom is -0.365 e. The number of nitrogens with one attached hydrogen (secondary N) is 1. The van der Waals surface area contributed by atoms with Crippen LogP contribution in [-0.2, 0) is 4.79 Å². The highest BCUT2D eigenvalue weighted by Crippen LogP contribution is 2.39. The minimum absolute atomic E-state index is 0.0500. The van der Waals surface area contributed by atoms with E-state index in [0.29, 0.717) is 43.8 Å². The molecule has 0 bridgehead atoms. The third-order valence-electron chi connectivity index (χ3n) is 9.83. The number of para-hydroxylation sites is 1. The first kappa shape index (κ1) is 32.2. The second-order valence-electron chi connectivity index (χ2n) is 14.7. The monoisotopic (exact) mass is 610 g/mol. The van der Waals surface area contributed by atoms with E-state index in [9.17, 15) is 4.79 Å². The standard InChI is InChI=1S/C36H52ClFN4O/c1-25(2)33(39-24-36(3,4)5)29-12-9-13-32(38)34(29)40-18-20-41(21-19-40)35(43)31-23-42(28-10-7-6-8-11-28)22-30(31)26-14-16-27(37)17-15-26/h9,12-17,25,28,30-31,33,39H,6-8,10-11,18-24H2,1-5H3/t30?,31?,33-/m0/s1. The van der Waals surface area contributed by atoms with Gasteiger partial charge >= 0.3 is 0 Å². The maximum atomic E-state index is 15.6. The first-order chi connectivity index (χ1) is 20.5. The summed E-state index contributed by atoms with van der Waals surface area (Å²) in [6.07, 6.45) is 6.37. The molecule has 2 aromatic rings. The highest BCUT2D eigenvalue weighted by Gasteiger charge is 2.43. The highest BCUT2D eigenvalue weighted by atomic mass is 35.5. The van der Waals surface area contributed by atoms with E-state index in [0.717, 1.165) is 30.2 Å².